The molecule has 124 valence electrons. The number of benzene rings is 1. The van der Waals surface area contributed by atoms with E-state index in [2.05, 4.69) is 10.3 Å². The molecule has 1 amide bonds. The van der Waals surface area contributed by atoms with Crippen LogP contribution >= 0.6 is 11.3 Å². The van der Waals surface area contributed by atoms with Crippen molar-refractivity contribution in [3.05, 3.63) is 35.2 Å². The highest BCUT2D eigenvalue weighted by Gasteiger charge is 2.34. The average Bonchev–Trinajstić information content (AvgIpc) is 2.88. The van der Waals surface area contributed by atoms with Crippen molar-refractivity contribution in [2.24, 2.45) is 0 Å². The Morgan fingerprint density at radius 2 is 1.96 bits per heavy atom. The van der Waals surface area contributed by atoms with E-state index >= 15 is 0 Å². The van der Waals surface area contributed by atoms with Crippen LogP contribution in [0.2, 0.25) is 0 Å². The number of aryl methyl sites for hydroxylation is 1. The van der Waals surface area contributed by atoms with Crippen LogP contribution in [0, 0.1) is 6.92 Å². The first-order valence-corrected chi connectivity index (χ1v) is 9.72. The summed E-state index contributed by atoms with van der Waals surface area (Å²) < 4.78 is 11.3. The van der Waals surface area contributed by atoms with Gasteiger partial charge >= 0.3 is 0 Å². The van der Waals surface area contributed by atoms with Gasteiger partial charge in [0.15, 0.2) is 5.13 Å². The van der Waals surface area contributed by atoms with Crippen molar-refractivity contribution in [1.29, 1.82) is 0 Å². The largest absolute Gasteiger partial charge is 0.301 e. The number of carbonyl (C=O) groups excluding carboxylic acids is 1. The third-order valence-electron chi connectivity index (χ3n) is 3.57. The molecular weight excluding hydrogens is 328 g/mol. The first kappa shape index (κ1) is 17.8. The van der Waals surface area contributed by atoms with Gasteiger partial charge in [-0.25, -0.2) is 4.98 Å². The van der Waals surface area contributed by atoms with Gasteiger partial charge in [0.2, 0.25) is 5.91 Å². The Hall–Kier alpha value is -1.53. The number of hydrogen-bond acceptors (Lipinski definition) is 4. The Kier molecular flexibility index (Phi) is 5.70. The molecule has 4 nitrogen and oxygen atoms in total. The van der Waals surface area contributed by atoms with Crippen LogP contribution < -0.4 is 5.32 Å². The molecule has 0 aliphatic rings. The minimum absolute atomic E-state index is 0.252. The second-order valence-electron chi connectivity index (χ2n) is 5.80. The van der Waals surface area contributed by atoms with Crippen molar-refractivity contribution in [3.8, 4) is 11.3 Å². The smallest absolute Gasteiger partial charge is 0.244 e. The highest BCUT2D eigenvalue weighted by molar-refractivity contribution is 7.87. The molecule has 1 atom stereocenters. The van der Waals surface area contributed by atoms with E-state index in [1.807, 2.05) is 44.2 Å². The molecule has 2 rings (SSSR count). The topological polar surface area (TPSA) is 59.1 Å². The van der Waals surface area contributed by atoms with Crippen molar-refractivity contribution >= 4 is 33.2 Å². The second kappa shape index (κ2) is 7.36. The lowest BCUT2D eigenvalue weighted by atomic mass is 10.1. The van der Waals surface area contributed by atoms with E-state index in [-0.39, 0.29) is 5.91 Å². The molecule has 0 saturated carbocycles. The van der Waals surface area contributed by atoms with Crippen molar-refractivity contribution in [1.82, 2.24) is 4.98 Å². The SMILES string of the molecule is CCC[S@](=O)C(C)(C)C(=O)Nc1nc(-c2ccccc2)c(C)s1. The molecule has 0 saturated heterocycles. The zero-order chi connectivity index (χ0) is 17.0. The number of amides is 1. The van der Waals surface area contributed by atoms with Gasteiger partial charge in [0, 0.05) is 27.0 Å². The van der Waals surface area contributed by atoms with Crippen LogP contribution in [0.3, 0.4) is 0 Å². The third kappa shape index (κ3) is 4.06. The fraction of sp³-hybridized carbons (Fsp3) is 0.412. The van der Waals surface area contributed by atoms with E-state index in [9.17, 15) is 9.00 Å². The molecule has 0 spiro atoms. The number of nitrogens with one attached hydrogen (secondary N) is 1. The molecule has 0 fully saturated rings. The molecule has 0 bridgehead atoms. The van der Waals surface area contributed by atoms with Gasteiger partial charge in [0.05, 0.1) is 5.69 Å². The van der Waals surface area contributed by atoms with Crippen molar-refractivity contribution in [3.63, 3.8) is 0 Å². The van der Waals surface area contributed by atoms with Crippen LogP contribution in [0.5, 0.6) is 0 Å². The van der Waals surface area contributed by atoms with E-state index in [0.717, 1.165) is 22.6 Å². The van der Waals surface area contributed by atoms with Crippen molar-refractivity contribution < 1.29 is 9.00 Å². The van der Waals surface area contributed by atoms with Gasteiger partial charge in [0.1, 0.15) is 4.75 Å². The molecule has 6 heteroatoms. The fourth-order valence-corrected chi connectivity index (χ4v) is 4.08. The second-order valence-corrected chi connectivity index (χ2v) is 9.13. The molecule has 1 aromatic carbocycles. The van der Waals surface area contributed by atoms with Gasteiger partial charge in [0.25, 0.3) is 0 Å². The number of carbonyl (C=O) groups is 1. The van der Waals surface area contributed by atoms with Gasteiger partial charge in [-0.3, -0.25) is 9.00 Å². The molecule has 1 heterocycles. The van der Waals surface area contributed by atoms with E-state index in [1.165, 1.54) is 11.3 Å². The summed E-state index contributed by atoms with van der Waals surface area (Å²) in [5.74, 6) is 0.268. The van der Waals surface area contributed by atoms with Crippen LogP contribution in [-0.4, -0.2) is 25.6 Å². The standard InChI is InChI=1S/C17H22N2O2S2/c1-5-11-23(21)17(3,4)15(20)19-16-18-14(12(2)22-16)13-9-7-6-8-10-13/h6-10H,5,11H2,1-4H3,(H,18,19,20)/t23-/m0/s1. The summed E-state index contributed by atoms with van der Waals surface area (Å²) in [7, 11) is -1.20. The van der Waals surface area contributed by atoms with Gasteiger partial charge in [-0.2, -0.15) is 0 Å². The molecule has 0 unspecified atom stereocenters. The molecule has 23 heavy (non-hydrogen) atoms. The number of anilines is 1. The molecular formula is C17H22N2O2S2. The first-order chi connectivity index (χ1) is 10.9. The zero-order valence-electron chi connectivity index (χ0n) is 13.9. The number of aromatic nitrogens is 1. The van der Waals surface area contributed by atoms with Crippen molar-refractivity contribution in [2.45, 2.75) is 38.9 Å². The third-order valence-corrected chi connectivity index (χ3v) is 6.56. The molecule has 0 radical (unpaired) electrons. The Balaban J connectivity index is 2.18. The average molecular weight is 351 g/mol. The van der Waals surface area contributed by atoms with E-state index < -0.39 is 15.5 Å². The summed E-state index contributed by atoms with van der Waals surface area (Å²) in [6, 6.07) is 9.87. The lowest BCUT2D eigenvalue weighted by Crippen LogP contribution is -2.42. The summed E-state index contributed by atoms with van der Waals surface area (Å²) in [4.78, 5) is 18.0. The fourth-order valence-electron chi connectivity index (χ4n) is 2.11. The van der Waals surface area contributed by atoms with E-state index in [4.69, 9.17) is 0 Å². The zero-order valence-corrected chi connectivity index (χ0v) is 15.5. The van der Waals surface area contributed by atoms with Gasteiger partial charge < -0.3 is 5.32 Å². The number of thiazole rings is 1. The predicted octanol–water partition coefficient (Wildman–Crippen LogP) is 3.99. The number of hydrogen-bond donors (Lipinski definition) is 1. The van der Waals surface area contributed by atoms with Gasteiger partial charge in [-0.1, -0.05) is 37.3 Å². The summed E-state index contributed by atoms with van der Waals surface area (Å²) in [6.45, 7) is 7.37. The molecule has 1 N–H and O–H groups in total. The Bertz CT molecular complexity index is 709. The quantitative estimate of drug-likeness (QED) is 0.857. The normalized spacial score (nSPS) is 12.9. The van der Waals surface area contributed by atoms with Crippen LogP contribution in [-0.2, 0) is 15.6 Å². The number of rotatable bonds is 6. The maximum Gasteiger partial charge on any atom is 0.244 e. The van der Waals surface area contributed by atoms with Crippen molar-refractivity contribution in [2.75, 3.05) is 11.1 Å². The minimum Gasteiger partial charge on any atom is -0.301 e. The maximum atomic E-state index is 12.5. The lowest BCUT2D eigenvalue weighted by molar-refractivity contribution is -0.117. The number of nitrogens with zero attached hydrogens (tertiary/aromatic N) is 1. The maximum absolute atomic E-state index is 12.5. The Labute approximate surface area is 143 Å². The summed E-state index contributed by atoms with van der Waals surface area (Å²) in [6.07, 6.45) is 0.790. The molecule has 2 aromatic rings. The molecule has 0 aliphatic carbocycles. The minimum atomic E-state index is -1.20. The predicted molar refractivity (Wildman–Crippen MR) is 98.3 cm³/mol. The van der Waals surface area contributed by atoms with E-state index in [1.54, 1.807) is 13.8 Å². The lowest BCUT2D eigenvalue weighted by Gasteiger charge is -2.21. The van der Waals surface area contributed by atoms with Gasteiger partial charge in [-0.05, 0) is 27.2 Å². The molecule has 1 aromatic heterocycles. The van der Waals surface area contributed by atoms with Gasteiger partial charge in [-0.15, -0.1) is 11.3 Å². The first-order valence-electron chi connectivity index (χ1n) is 7.59. The highest BCUT2D eigenvalue weighted by atomic mass is 32.2. The summed E-state index contributed by atoms with van der Waals surface area (Å²) in [5.41, 5.74) is 1.90. The Morgan fingerprint density at radius 3 is 2.57 bits per heavy atom. The molecule has 0 aliphatic heterocycles. The van der Waals surface area contributed by atoms with Crippen LogP contribution in [0.1, 0.15) is 32.1 Å². The van der Waals surface area contributed by atoms with Crippen LogP contribution in [0.15, 0.2) is 30.3 Å². The summed E-state index contributed by atoms with van der Waals surface area (Å²) in [5, 5.41) is 3.38. The Morgan fingerprint density at radius 1 is 1.30 bits per heavy atom. The van der Waals surface area contributed by atoms with Crippen LogP contribution in [0.25, 0.3) is 11.3 Å². The highest BCUT2D eigenvalue weighted by Crippen LogP contribution is 2.31. The summed E-state index contributed by atoms with van der Waals surface area (Å²) >= 11 is 1.44. The van der Waals surface area contributed by atoms with E-state index in [0.29, 0.717) is 10.9 Å². The van der Waals surface area contributed by atoms with Crippen LogP contribution in [0.4, 0.5) is 5.13 Å². The monoisotopic (exact) mass is 350 g/mol.